The van der Waals surface area contributed by atoms with Crippen LogP contribution in [0.4, 0.5) is 0 Å². The highest BCUT2D eigenvalue weighted by molar-refractivity contribution is 6.39. The molecule has 1 aliphatic heterocycles. The summed E-state index contributed by atoms with van der Waals surface area (Å²) in [5.74, 6) is -2.45. The fourth-order valence-electron chi connectivity index (χ4n) is 3.67. The largest absolute Gasteiger partial charge is 0.505 e. The number of phenols is 1. The van der Waals surface area contributed by atoms with E-state index >= 15 is 0 Å². The Hall–Kier alpha value is -2.52. The van der Waals surface area contributed by atoms with Crippen molar-refractivity contribution in [2.24, 2.45) is 0 Å². The molecule has 1 fully saturated rings. The molecule has 1 heterocycles. The van der Waals surface area contributed by atoms with Crippen molar-refractivity contribution in [3.05, 3.63) is 57.6 Å². The number of ether oxygens (including phenoxy) is 1. The van der Waals surface area contributed by atoms with Gasteiger partial charge < -0.3 is 25.6 Å². The zero-order valence-corrected chi connectivity index (χ0v) is 19.7. The fraction of sp³-hybridized carbons (Fsp3) is 0.391. The summed E-state index contributed by atoms with van der Waals surface area (Å²) in [6.45, 7) is 5.75. The molecule has 0 saturated carbocycles. The summed E-state index contributed by atoms with van der Waals surface area (Å²) in [7, 11) is 0. The monoisotopic (exact) mass is 495 g/mol. The lowest BCUT2D eigenvalue weighted by molar-refractivity contribution is -0.139. The van der Waals surface area contributed by atoms with E-state index in [0.717, 1.165) is 25.2 Å². The lowest BCUT2D eigenvalue weighted by atomic mass is 10.1. The average molecular weight is 496 g/mol. The third-order valence-corrected chi connectivity index (χ3v) is 6.02. The van der Waals surface area contributed by atoms with Gasteiger partial charge >= 0.3 is 5.97 Å². The predicted molar refractivity (Wildman–Crippen MR) is 127 cm³/mol. The van der Waals surface area contributed by atoms with Crippen LogP contribution in [0.2, 0.25) is 10.0 Å². The molecular weight excluding hydrogens is 469 g/mol. The highest BCUT2D eigenvalue weighted by atomic mass is 35.5. The van der Waals surface area contributed by atoms with Gasteiger partial charge in [0.2, 0.25) is 0 Å². The first-order valence-electron chi connectivity index (χ1n) is 10.6. The third kappa shape index (κ3) is 6.74. The molecule has 2 atom stereocenters. The lowest BCUT2D eigenvalue weighted by Gasteiger charge is -2.31. The first kappa shape index (κ1) is 25.1. The highest BCUT2D eigenvalue weighted by Gasteiger charge is 2.26. The number of halogens is 2. The summed E-state index contributed by atoms with van der Waals surface area (Å²) in [4.78, 5) is 26.6. The number of hydrogen-bond acceptors (Lipinski definition) is 6. The number of carbonyl (C=O) groups excluding carboxylic acids is 1. The van der Waals surface area contributed by atoms with Crippen LogP contribution in [0.25, 0.3) is 0 Å². The van der Waals surface area contributed by atoms with E-state index < -0.39 is 23.7 Å². The van der Waals surface area contributed by atoms with Crippen molar-refractivity contribution in [3.8, 4) is 11.5 Å². The number of carboxylic acids is 1. The van der Waals surface area contributed by atoms with E-state index in [1.54, 1.807) is 24.3 Å². The van der Waals surface area contributed by atoms with E-state index in [-0.39, 0.29) is 27.8 Å². The fourth-order valence-corrected chi connectivity index (χ4v) is 4.24. The number of piperazine rings is 1. The number of carboxylic acid groups (broad SMARTS) is 1. The molecule has 0 spiro atoms. The lowest BCUT2D eigenvalue weighted by Crippen LogP contribution is -2.50. The zero-order valence-electron chi connectivity index (χ0n) is 18.2. The van der Waals surface area contributed by atoms with Crippen LogP contribution in [0.5, 0.6) is 11.5 Å². The van der Waals surface area contributed by atoms with E-state index in [1.807, 2.05) is 6.07 Å². The molecule has 4 N–H and O–H groups in total. The molecule has 2 aromatic rings. The van der Waals surface area contributed by atoms with E-state index in [9.17, 15) is 19.8 Å². The number of amides is 1. The van der Waals surface area contributed by atoms with Gasteiger partial charge in [-0.1, -0.05) is 53.5 Å². The first-order chi connectivity index (χ1) is 15.8. The van der Waals surface area contributed by atoms with Gasteiger partial charge in [-0.15, -0.1) is 0 Å². The van der Waals surface area contributed by atoms with Crippen molar-refractivity contribution in [3.63, 3.8) is 0 Å². The average Bonchev–Trinajstić information content (AvgIpc) is 2.78. The zero-order chi connectivity index (χ0) is 24.0. The number of benzene rings is 2. The summed E-state index contributed by atoms with van der Waals surface area (Å²) in [6.07, 6.45) is 0.0793. The number of nitrogens with one attached hydrogen (secondary N) is 2. The summed E-state index contributed by atoms with van der Waals surface area (Å²) in [5.41, 5.74) is 0.515. The Balaban J connectivity index is 1.67. The van der Waals surface area contributed by atoms with Gasteiger partial charge in [-0.05, 0) is 18.6 Å². The molecule has 2 aromatic carbocycles. The SMILES string of the molecule is CC1CN(CCOc2c(Cl)cc(C(=O)N[C@@H](Cc3ccccc3)C(=O)O)c(O)c2Cl)CCN1. The minimum atomic E-state index is -1.20. The maximum Gasteiger partial charge on any atom is 0.326 e. The molecule has 0 bridgehead atoms. The van der Waals surface area contributed by atoms with Crippen molar-refractivity contribution in [1.29, 1.82) is 0 Å². The third-order valence-electron chi connectivity index (χ3n) is 5.39. The molecule has 0 aliphatic carbocycles. The van der Waals surface area contributed by atoms with Gasteiger partial charge in [0.1, 0.15) is 17.7 Å². The van der Waals surface area contributed by atoms with Crippen LogP contribution < -0.4 is 15.4 Å². The standard InChI is InChI=1S/C23H27Cl2N3O5/c1-14-13-28(8-7-26-14)9-10-33-21-17(24)12-16(20(29)19(21)25)22(30)27-18(23(31)32)11-15-5-3-2-4-6-15/h2-6,12,14,18,26,29H,7-11,13H2,1H3,(H,27,30)(H,31,32)/t14?,18-/m0/s1. The topological polar surface area (TPSA) is 111 Å². The number of aliphatic carboxylic acids is 1. The Labute approximate surface area is 202 Å². The number of carbonyl (C=O) groups is 2. The first-order valence-corrected chi connectivity index (χ1v) is 11.4. The van der Waals surface area contributed by atoms with E-state index in [2.05, 4.69) is 22.5 Å². The van der Waals surface area contributed by atoms with Crippen LogP contribution >= 0.6 is 23.2 Å². The Morgan fingerprint density at radius 2 is 2.03 bits per heavy atom. The van der Waals surface area contributed by atoms with Gasteiger partial charge in [-0.3, -0.25) is 9.69 Å². The van der Waals surface area contributed by atoms with E-state index in [1.165, 1.54) is 6.07 Å². The minimum absolute atomic E-state index is 0.0477. The van der Waals surface area contributed by atoms with Crippen LogP contribution in [-0.4, -0.2) is 71.9 Å². The van der Waals surface area contributed by atoms with Crippen LogP contribution in [0.15, 0.2) is 36.4 Å². The second kappa shape index (κ2) is 11.6. The second-order valence-corrected chi connectivity index (χ2v) is 8.74. The summed E-state index contributed by atoms with van der Waals surface area (Å²) >= 11 is 12.5. The van der Waals surface area contributed by atoms with Gasteiger partial charge in [0, 0.05) is 38.6 Å². The molecule has 0 aromatic heterocycles. The molecular formula is C23H27Cl2N3O5. The summed E-state index contributed by atoms with van der Waals surface area (Å²) in [6, 6.07) is 9.32. The second-order valence-electron chi connectivity index (χ2n) is 7.96. The van der Waals surface area contributed by atoms with Crippen LogP contribution in [-0.2, 0) is 11.2 Å². The molecule has 178 valence electrons. The highest BCUT2D eigenvalue weighted by Crippen LogP contribution is 2.42. The van der Waals surface area contributed by atoms with Crippen LogP contribution in [0.1, 0.15) is 22.8 Å². The molecule has 8 nitrogen and oxygen atoms in total. The van der Waals surface area contributed by atoms with E-state index in [0.29, 0.717) is 19.2 Å². The van der Waals surface area contributed by atoms with Gasteiger partial charge in [0.25, 0.3) is 5.91 Å². The normalized spacial score (nSPS) is 17.4. The smallest absolute Gasteiger partial charge is 0.326 e. The van der Waals surface area contributed by atoms with Gasteiger partial charge in [0.05, 0.1) is 10.6 Å². The molecule has 1 unspecified atom stereocenters. The molecule has 10 heteroatoms. The molecule has 1 aliphatic rings. The number of nitrogens with zero attached hydrogens (tertiary/aromatic N) is 1. The number of aromatic hydroxyl groups is 1. The van der Waals surface area contributed by atoms with Crippen molar-refractivity contribution in [2.45, 2.75) is 25.4 Å². The van der Waals surface area contributed by atoms with Gasteiger partial charge in [-0.2, -0.15) is 0 Å². The Morgan fingerprint density at radius 1 is 1.30 bits per heavy atom. The molecule has 1 saturated heterocycles. The van der Waals surface area contributed by atoms with Crippen LogP contribution in [0.3, 0.4) is 0 Å². The number of rotatable bonds is 9. The van der Waals surface area contributed by atoms with Crippen molar-refractivity contribution in [1.82, 2.24) is 15.5 Å². The number of phenolic OH excluding ortho intramolecular Hbond substituents is 1. The Morgan fingerprint density at radius 3 is 2.70 bits per heavy atom. The maximum absolute atomic E-state index is 12.7. The maximum atomic E-state index is 12.7. The molecule has 3 rings (SSSR count). The predicted octanol–water partition coefficient (Wildman–Crippen LogP) is 2.80. The van der Waals surface area contributed by atoms with Crippen molar-refractivity contribution < 1.29 is 24.5 Å². The minimum Gasteiger partial charge on any atom is -0.505 e. The van der Waals surface area contributed by atoms with E-state index in [4.69, 9.17) is 27.9 Å². The number of hydrogen-bond donors (Lipinski definition) is 4. The Bertz CT molecular complexity index is 990. The summed E-state index contributed by atoms with van der Waals surface area (Å²) in [5, 5.41) is 25.6. The summed E-state index contributed by atoms with van der Waals surface area (Å²) < 4.78 is 5.71. The van der Waals surface area contributed by atoms with Gasteiger partial charge in [0.15, 0.2) is 11.5 Å². The quantitative estimate of drug-likeness (QED) is 0.423. The van der Waals surface area contributed by atoms with Crippen molar-refractivity contribution >= 4 is 35.1 Å². The van der Waals surface area contributed by atoms with Crippen LogP contribution in [0, 0.1) is 0 Å². The molecule has 1 amide bonds. The molecule has 33 heavy (non-hydrogen) atoms. The van der Waals surface area contributed by atoms with Gasteiger partial charge in [-0.25, -0.2) is 4.79 Å². The van der Waals surface area contributed by atoms with Crippen molar-refractivity contribution in [2.75, 3.05) is 32.8 Å². The molecule has 0 radical (unpaired) electrons. The Kier molecular flexibility index (Phi) is 8.80.